The molecular weight excluding hydrogens is 304 g/mol. The molecule has 7 heteroatoms. The molecule has 4 N–H and O–H groups in total. The molecule has 0 saturated heterocycles. The number of hydrogen-bond acceptors (Lipinski definition) is 6. The van der Waals surface area contributed by atoms with Crippen LogP contribution in [0.4, 0.5) is 10.7 Å². The number of nitrogen functional groups attached to an aromatic ring is 1. The Morgan fingerprint density at radius 3 is 2.95 bits per heavy atom. The SMILES string of the molecule is CCNC(=O)c1sc(NCCc2cccs2)c(C#N)c1N. The number of nitrogens with zero attached hydrogens (tertiary/aromatic N) is 1. The number of nitrogens with two attached hydrogens (primary N) is 1. The summed E-state index contributed by atoms with van der Waals surface area (Å²) < 4.78 is 0. The molecule has 0 atom stereocenters. The van der Waals surface area contributed by atoms with Crippen molar-refractivity contribution in [2.75, 3.05) is 24.1 Å². The van der Waals surface area contributed by atoms with Crippen LogP contribution >= 0.6 is 22.7 Å². The zero-order valence-electron chi connectivity index (χ0n) is 11.6. The van der Waals surface area contributed by atoms with E-state index >= 15 is 0 Å². The quantitative estimate of drug-likeness (QED) is 0.763. The van der Waals surface area contributed by atoms with Crippen molar-refractivity contribution in [2.45, 2.75) is 13.3 Å². The van der Waals surface area contributed by atoms with E-state index in [4.69, 9.17) is 5.73 Å². The average molecular weight is 320 g/mol. The maximum atomic E-state index is 11.9. The van der Waals surface area contributed by atoms with Gasteiger partial charge in [0.2, 0.25) is 0 Å². The Kier molecular flexibility index (Phi) is 5.20. The highest BCUT2D eigenvalue weighted by Gasteiger charge is 2.20. The van der Waals surface area contributed by atoms with Crippen molar-refractivity contribution in [2.24, 2.45) is 0 Å². The second kappa shape index (κ2) is 7.11. The lowest BCUT2D eigenvalue weighted by Crippen LogP contribution is -2.22. The second-order valence-corrected chi connectivity index (χ2v) is 6.33. The third-order valence-electron chi connectivity index (χ3n) is 2.84. The Morgan fingerprint density at radius 2 is 2.33 bits per heavy atom. The molecule has 2 aromatic heterocycles. The maximum absolute atomic E-state index is 11.9. The predicted molar refractivity (Wildman–Crippen MR) is 88.0 cm³/mol. The molecular formula is C14H16N4OS2. The lowest BCUT2D eigenvalue weighted by molar-refractivity contribution is 0.0960. The summed E-state index contributed by atoms with van der Waals surface area (Å²) in [5.41, 5.74) is 6.51. The summed E-state index contributed by atoms with van der Waals surface area (Å²) in [7, 11) is 0. The molecule has 5 nitrogen and oxygen atoms in total. The van der Waals surface area contributed by atoms with Gasteiger partial charge in [-0.3, -0.25) is 4.79 Å². The van der Waals surface area contributed by atoms with Crippen LogP contribution in [-0.2, 0) is 6.42 Å². The van der Waals surface area contributed by atoms with E-state index in [1.165, 1.54) is 16.2 Å². The molecule has 2 rings (SSSR count). The van der Waals surface area contributed by atoms with E-state index in [1.807, 2.05) is 18.4 Å². The van der Waals surface area contributed by atoms with Crippen molar-refractivity contribution < 1.29 is 4.79 Å². The maximum Gasteiger partial charge on any atom is 0.263 e. The Morgan fingerprint density at radius 1 is 1.52 bits per heavy atom. The van der Waals surface area contributed by atoms with E-state index in [0.717, 1.165) is 6.42 Å². The lowest BCUT2D eigenvalue weighted by atomic mass is 10.2. The predicted octanol–water partition coefficient (Wildman–Crippen LogP) is 2.67. The topological polar surface area (TPSA) is 90.9 Å². The third-order valence-corrected chi connectivity index (χ3v) is 4.94. The van der Waals surface area contributed by atoms with Gasteiger partial charge < -0.3 is 16.4 Å². The van der Waals surface area contributed by atoms with Crippen molar-refractivity contribution in [3.8, 4) is 6.07 Å². The first-order valence-electron chi connectivity index (χ1n) is 6.54. The minimum absolute atomic E-state index is 0.234. The molecule has 0 fully saturated rings. The molecule has 2 heterocycles. The molecule has 0 saturated carbocycles. The Labute approximate surface area is 131 Å². The fourth-order valence-electron chi connectivity index (χ4n) is 1.84. The number of thiophene rings is 2. The molecule has 0 radical (unpaired) electrons. The zero-order valence-corrected chi connectivity index (χ0v) is 13.2. The number of amides is 1. The van der Waals surface area contributed by atoms with Gasteiger partial charge in [0.05, 0.1) is 5.69 Å². The van der Waals surface area contributed by atoms with Crippen molar-refractivity contribution in [3.63, 3.8) is 0 Å². The molecule has 0 bridgehead atoms. The Balaban J connectivity index is 2.10. The van der Waals surface area contributed by atoms with Gasteiger partial charge in [-0.25, -0.2) is 0 Å². The van der Waals surface area contributed by atoms with E-state index < -0.39 is 0 Å². The highest BCUT2D eigenvalue weighted by molar-refractivity contribution is 7.19. The number of carbonyl (C=O) groups excluding carboxylic acids is 1. The summed E-state index contributed by atoms with van der Waals surface area (Å²) in [5, 5.41) is 17.8. The normalized spacial score (nSPS) is 10.1. The Hall–Kier alpha value is -2.04. The summed E-state index contributed by atoms with van der Waals surface area (Å²) in [6.45, 7) is 3.07. The van der Waals surface area contributed by atoms with Crippen LogP contribution in [0.1, 0.15) is 27.0 Å². The van der Waals surface area contributed by atoms with Crippen LogP contribution in [0.15, 0.2) is 17.5 Å². The smallest absolute Gasteiger partial charge is 0.263 e. The fraction of sp³-hybridized carbons (Fsp3) is 0.286. The van der Waals surface area contributed by atoms with Gasteiger partial charge in [0.1, 0.15) is 21.5 Å². The minimum Gasteiger partial charge on any atom is -0.396 e. The van der Waals surface area contributed by atoms with Crippen molar-refractivity contribution >= 4 is 39.3 Å². The first-order chi connectivity index (χ1) is 10.2. The van der Waals surface area contributed by atoms with Crippen LogP contribution in [0.3, 0.4) is 0 Å². The summed E-state index contributed by atoms with van der Waals surface area (Å²) in [5.74, 6) is -0.234. The van der Waals surface area contributed by atoms with Gasteiger partial charge in [-0.2, -0.15) is 5.26 Å². The zero-order chi connectivity index (χ0) is 15.2. The first-order valence-corrected chi connectivity index (χ1v) is 8.23. The van der Waals surface area contributed by atoms with E-state index in [2.05, 4.69) is 22.8 Å². The molecule has 2 aromatic rings. The van der Waals surface area contributed by atoms with E-state index in [1.54, 1.807) is 11.3 Å². The average Bonchev–Trinajstić information content (AvgIpc) is 3.07. The van der Waals surface area contributed by atoms with Crippen molar-refractivity contribution in [1.29, 1.82) is 5.26 Å². The molecule has 0 aliphatic rings. The Bertz CT molecular complexity index is 655. The largest absolute Gasteiger partial charge is 0.396 e. The van der Waals surface area contributed by atoms with Gasteiger partial charge in [0, 0.05) is 18.0 Å². The van der Waals surface area contributed by atoms with Gasteiger partial charge >= 0.3 is 0 Å². The van der Waals surface area contributed by atoms with Crippen molar-refractivity contribution in [3.05, 3.63) is 32.8 Å². The lowest BCUT2D eigenvalue weighted by Gasteiger charge is -2.02. The van der Waals surface area contributed by atoms with Gasteiger partial charge in [0.25, 0.3) is 5.91 Å². The van der Waals surface area contributed by atoms with Gasteiger partial charge in [-0.1, -0.05) is 6.07 Å². The number of hydrogen-bond donors (Lipinski definition) is 3. The molecule has 0 aliphatic carbocycles. The summed E-state index contributed by atoms with van der Waals surface area (Å²) in [6.07, 6.45) is 0.872. The number of carbonyl (C=O) groups is 1. The van der Waals surface area contributed by atoms with Gasteiger partial charge in [-0.05, 0) is 24.8 Å². The number of nitrogens with one attached hydrogen (secondary N) is 2. The standard InChI is InChI=1S/C14H16N4OS2/c1-2-17-13(19)12-11(16)10(8-15)14(21-12)18-6-5-9-4-3-7-20-9/h3-4,7,18H,2,5-6,16H2,1H3,(H,17,19). The minimum atomic E-state index is -0.234. The molecule has 1 amide bonds. The summed E-state index contributed by atoms with van der Waals surface area (Å²) >= 11 is 2.93. The van der Waals surface area contributed by atoms with Gasteiger partial charge in [0.15, 0.2) is 0 Å². The molecule has 0 spiro atoms. The number of rotatable bonds is 6. The molecule has 0 aromatic carbocycles. The summed E-state index contributed by atoms with van der Waals surface area (Å²) in [4.78, 5) is 13.6. The fourth-order valence-corrected chi connectivity index (χ4v) is 3.56. The monoisotopic (exact) mass is 320 g/mol. The highest BCUT2D eigenvalue weighted by atomic mass is 32.1. The van der Waals surface area contributed by atoms with Crippen LogP contribution in [0.5, 0.6) is 0 Å². The molecule has 0 aliphatic heterocycles. The van der Waals surface area contributed by atoms with Gasteiger partial charge in [-0.15, -0.1) is 22.7 Å². The highest BCUT2D eigenvalue weighted by Crippen LogP contribution is 2.35. The molecule has 21 heavy (non-hydrogen) atoms. The van der Waals surface area contributed by atoms with E-state index in [0.29, 0.717) is 28.5 Å². The third kappa shape index (κ3) is 3.54. The second-order valence-electron chi connectivity index (χ2n) is 4.28. The number of nitriles is 1. The number of anilines is 2. The van der Waals surface area contributed by atoms with Crippen LogP contribution in [-0.4, -0.2) is 19.0 Å². The van der Waals surface area contributed by atoms with Crippen LogP contribution < -0.4 is 16.4 Å². The van der Waals surface area contributed by atoms with Crippen molar-refractivity contribution in [1.82, 2.24) is 5.32 Å². The van der Waals surface area contributed by atoms with Crippen LogP contribution in [0, 0.1) is 11.3 Å². The summed E-state index contributed by atoms with van der Waals surface area (Å²) in [6, 6.07) is 6.15. The van der Waals surface area contributed by atoms with E-state index in [-0.39, 0.29) is 11.6 Å². The van der Waals surface area contributed by atoms with Crippen LogP contribution in [0.25, 0.3) is 0 Å². The first kappa shape index (κ1) is 15.4. The molecule has 0 unspecified atom stereocenters. The van der Waals surface area contributed by atoms with E-state index in [9.17, 15) is 10.1 Å². The van der Waals surface area contributed by atoms with Crippen LogP contribution in [0.2, 0.25) is 0 Å². The molecule has 110 valence electrons.